The summed E-state index contributed by atoms with van der Waals surface area (Å²) >= 11 is 0. The number of sulfone groups is 1. The minimum absolute atomic E-state index is 0.00155. The average Bonchev–Trinajstić information content (AvgIpc) is 3.16. The number of carbonyl (C=O) groups is 2. The number of nitrogens with zero attached hydrogens (tertiary/aromatic N) is 2. The summed E-state index contributed by atoms with van der Waals surface area (Å²) in [4.78, 5) is 28.2. The van der Waals surface area contributed by atoms with Crippen LogP contribution in [0, 0.1) is 0 Å². The van der Waals surface area contributed by atoms with E-state index in [0.29, 0.717) is 30.7 Å². The van der Waals surface area contributed by atoms with Crippen LogP contribution in [-0.2, 0) is 19.4 Å². The third kappa shape index (κ3) is 3.49. The van der Waals surface area contributed by atoms with Gasteiger partial charge in [0.2, 0.25) is 11.8 Å². The van der Waals surface area contributed by atoms with E-state index in [1.165, 1.54) is 9.80 Å². The fourth-order valence-corrected chi connectivity index (χ4v) is 5.25. The number of hydrogen-bond acceptors (Lipinski definition) is 5. The molecule has 25 heavy (non-hydrogen) atoms. The second-order valence-electron chi connectivity index (χ2n) is 6.52. The van der Waals surface area contributed by atoms with Gasteiger partial charge in [0.25, 0.3) is 0 Å². The third-order valence-corrected chi connectivity index (χ3v) is 6.70. The Balaban J connectivity index is 1.79. The molecule has 2 amide bonds. The van der Waals surface area contributed by atoms with Crippen molar-refractivity contribution in [3.05, 3.63) is 24.3 Å². The summed E-state index contributed by atoms with van der Waals surface area (Å²) in [5, 5.41) is 0. The molecule has 0 N–H and O–H groups in total. The number of carbonyl (C=O) groups excluding carboxylic acids is 2. The van der Waals surface area contributed by atoms with E-state index in [2.05, 4.69) is 0 Å². The molecule has 0 radical (unpaired) electrons. The van der Waals surface area contributed by atoms with Crippen molar-refractivity contribution in [3.8, 4) is 5.75 Å². The molecular weight excluding hydrogens is 344 g/mol. The van der Waals surface area contributed by atoms with Crippen molar-refractivity contribution < 1.29 is 22.7 Å². The van der Waals surface area contributed by atoms with Crippen molar-refractivity contribution in [1.82, 2.24) is 4.90 Å². The van der Waals surface area contributed by atoms with Crippen molar-refractivity contribution in [2.45, 2.75) is 31.3 Å². The van der Waals surface area contributed by atoms with Crippen LogP contribution in [0.25, 0.3) is 0 Å². The molecule has 2 heterocycles. The van der Waals surface area contributed by atoms with Crippen LogP contribution in [0.4, 0.5) is 5.69 Å². The van der Waals surface area contributed by atoms with Gasteiger partial charge >= 0.3 is 0 Å². The Kier molecular flexibility index (Phi) is 4.73. The molecule has 1 aromatic rings. The Morgan fingerprint density at radius 3 is 2.48 bits per heavy atom. The fraction of sp³-hybridized carbons (Fsp3) is 0.529. The Morgan fingerprint density at radius 1 is 1.24 bits per heavy atom. The number of likely N-dealkylation sites (N-methyl/N-ethyl adjacent to an activating group) is 1. The molecule has 8 heteroatoms. The van der Waals surface area contributed by atoms with Gasteiger partial charge < -0.3 is 9.64 Å². The van der Waals surface area contributed by atoms with Crippen molar-refractivity contribution >= 4 is 27.3 Å². The lowest BCUT2D eigenvalue weighted by atomic mass is 10.1. The number of hydrogen-bond donors (Lipinski definition) is 0. The van der Waals surface area contributed by atoms with E-state index >= 15 is 0 Å². The maximum absolute atomic E-state index is 12.9. The first kappa shape index (κ1) is 17.7. The van der Waals surface area contributed by atoms with Gasteiger partial charge in [-0.1, -0.05) is 0 Å². The summed E-state index contributed by atoms with van der Waals surface area (Å²) < 4.78 is 28.5. The van der Waals surface area contributed by atoms with Crippen LogP contribution in [0.3, 0.4) is 0 Å². The predicted molar refractivity (Wildman–Crippen MR) is 93.3 cm³/mol. The number of methoxy groups -OCH3 is 1. The Bertz CT molecular complexity index is 775. The smallest absolute Gasteiger partial charge is 0.245 e. The molecule has 2 fully saturated rings. The van der Waals surface area contributed by atoms with Gasteiger partial charge in [0.15, 0.2) is 9.84 Å². The van der Waals surface area contributed by atoms with Crippen LogP contribution in [0.1, 0.15) is 19.3 Å². The van der Waals surface area contributed by atoms with Crippen LogP contribution < -0.4 is 9.64 Å². The van der Waals surface area contributed by atoms with Crippen molar-refractivity contribution in [3.63, 3.8) is 0 Å². The summed E-state index contributed by atoms with van der Waals surface area (Å²) in [6.07, 6.45) is 1.19. The van der Waals surface area contributed by atoms with Crippen LogP contribution in [0.2, 0.25) is 0 Å². The fourth-order valence-electron chi connectivity index (χ4n) is 3.48. The first-order valence-electron chi connectivity index (χ1n) is 8.25. The predicted octanol–water partition coefficient (Wildman–Crippen LogP) is 0.836. The summed E-state index contributed by atoms with van der Waals surface area (Å²) in [6.45, 7) is 0. The Hall–Kier alpha value is -2.09. The van der Waals surface area contributed by atoms with E-state index in [0.717, 1.165) is 0 Å². The molecule has 7 nitrogen and oxygen atoms in total. The van der Waals surface area contributed by atoms with Crippen molar-refractivity contribution in [1.29, 1.82) is 0 Å². The highest BCUT2D eigenvalue weighted by Gasteiger charge is 2.41. The van der Waals surface area contributed by atoms with Crippen molar-refractivity contribution in [2.75, 3.05) is 30.6 Å². The van der Waals surface area contributed by atoms with Gasteiger partial charge in [-0.25, -0.2) is 8.42 Å². The molecule has 0 bridgehead atoms. The van der Waals surface area contributed by atoms with E-state index in [4.69, 9.17) is 4.74 Å². The number of rotatable bonds is 4. The van der Waals surface area contributed by atoms with Gasteiger partial charge in [-0.2, -0.15) is 0 Å². The van der Waals surface area contributed by atoms with E-state index < -0.39 is 15.9 Å². The largest absolute Gasteiger partial charge is 0.497 e. The SMILES string of the molecule is COc1ccc(N2C(=O)CCC2C(=O)N(C)C2CCS(=O)(=O)C2)cc1. The maximum Gasteiger partial charge on any atom is 0.245 e. The zero-order chi connectivity index (χ0) is 18.2. The van der Waals surface area contributed by atoms with E-state index in [-0.39, 0.29) is 29.4 Å². The number of benzene rings is 1. The van der Waals surface area contributed by atoms with E-state index in [1.807, 2.05) is 0 Å². The Morgan fingerprint density at radius 2 is 1.92 bits per heavy atom. The maximum atomic E-state index is 12.9. The lowest BCUT2D eigenvalue weighted by Crippen LogP contribution is -2.49. The molecule has 2 saturated heterocycles. The summed E-state index contributed by atoms with van der Waals surface area (Å²) in [5.41, 5.74) is 0.647. The monoisotopic (exact) mass is 366 g/mol. The van der Waals surface area contributed by atoms with Gasteiger partial charge in [-0.3, -0.25) is 14.5 Å². The minimum atomic E-state index is -3.07. The zero-order valence-electron chi connectivity index (χ0n) is 14.3. The summed E-state index contributed by atoms with van der Waals surface area (Å²) in [7, 11) is 0.120. The molecule has 2 unspecified atom stereocenters. The van der Waals surface area contributed by atoms with Crippen LogP contribution in [0.5, 0.6) is 5.75 Å². The molecule has 0 saturated carbocycles. The van der Waals surface area contributed by atoms with Gasteiger partial charge in [0.1, 0.15) is 11.8 Å². The normalized spacial score (nSPS) is 25.2. The second-order valence-corrected chi connectivity index (χ2v) is 8.75. The standard InChI is InChI=1S/C17H22N2O5S/c1-18(13-9-10-25(22,23)11-13)17(21)15-7-8-16(20)19(15)12-3-5-14(24-2)6-4-12/h3-6,13,15H,7-11H2,1-2H3. The molecule has 1 aromatic carbocycles. The summed E-state index contributed by atoms with van der Waals surface area (Å²) in [6, 6.07) is 6.09. The quantitative estimate of drug-likeness (QED) is 0.788. The van der Waals surface area contributed by atoms with E-state index in [9.17, 15) is 18.0 Å². The summed E-state index contributed by atoms with van der Waals surface area (Å²) in [5.74, 6) is 0.478. The number of amides is 2. The first-order chi connectivity index (χ1) is 11.8. The molecular formula is C17H22N2O5S. The first-order valence-corrected chi connectivity index (χ1v) is 10.1. The van der Waals surface area contributed by atoms with Crippen LogP contribution in [0.15, 0.2) is 24.3 Å². The zero-order valence-corrected chi connectivity index (χ0v) is 15.2. The average molecular weight is 366 g/mol. The van der Waals surface area contributed by atoms with E-state index in [1.54, 1.807) is 38.4 Å². The molecule has 2 aliphatic heterocycles. The molecule has 136 valence electrons. The minimum Gasteiger partial charge on any atom is -0.497 e. The molecule has 2 aliphatic rings. The molecule has 0 aromatic heterocycles. The molecule has 3 rings (SSSR count). The molecule has 0 aliphatic carbocycles. The topological polar surface area (TPSA) is 84.0 Å². The van der Waals surface area contributed by atoms with Crippen molar-refractivity contribution in [2.24, 2.45) is 0 Å². The molecule has 2 atom stereocenters. The number of ether oxygens (including phenoxy) is 1. The highest BCUT2D eigenvalue weighted by Crippen LogP contribution is 2.30. The second kappa shape index (κ2) is 6.67. The third-order valence-electron chi connectivity index (χ3n) is 4.95. The van der Waals surface area contributed by atoms with Gasteiger partial charge in [-0.05, 0) is 37.1 Å². The highest BCUT2D eigenvalue weighted by atomic mass is 32.2. The highest BCUT2D eigenvalue weighted by molar-refractivity contribution is 7.91. The Labute approximate surface area is 147 Å². The van der Waals surface area contributed by atoms with Crippen LogP contribution >= 0.6 is 0 Å². The van der Waals surface area contributed by atoms with Gasteiger partial charge in [-0.15, -0.1) is 0 Å². The van der Waals surface area contributed by atoms with Gasteiger partial charge in [0, 0.05) is 25.2 Å². The molecule has 0 spiro atoms. The lowest BCUT2D eigenvalue weighted by Gasteiger charge is -2.31. The lowest BCUT2D eigenvalue weighted by molar-refractivity contribution is -0.133. The van der Waals surface area contributed by atoms with Gasteiger partial charge in [0.05, 0.1) is 18.6 Å². The number of anilines is 1. The van der Waals surface area contributed by atoms with Crippen LogP contribution in [-0.4, -0.2) is 62.9 Å².